The van der Waals surface area contributed by atoms with Gasteiger partial charge in [0.25, 0.3) is 0 Å². The number of hydrogen-bond acceptors (Lipinski definition) is 2. The SMILES string of the molecule is CCN1CC[C@@H](OC(F)(F)F)C1. The van der Waals surface area contributed by atoms with Gasteiger partial charge >= 0.3 is 6.36 Å². The number of halogens is 3. The van der Waals surface area contributed by atoms with Gasteiger partial charge in [0.1, 0.15) is 0 Å². The summed E-state index contributed by atoms with van der Waals surface area (Å²) in [6.45, 7) is 3.82. The normalized spacial score (nSPS) is 26.5. The van der Waals surface area contributed by atoms with Crippen LogP contribution in [0.3, 0.4) is 0 Å². The van der Waals surface area contributed by atoms with Crippen LogP contribution in [-0.4, -0.2) is 37.0 Å². The van der Waals surface area contributed by atoms with Crippen LogP contribution in [0.5, 0.6) is 0 Å². The number of hydrogen-bond donors (Lipinski definition) is 0. The Bertz CT molecular complexity index is 148. The van der Waals surface area contributed by atoms with Crippen LogP contribution in [0.2, 0.25) is 0 Å². The van der Waals surface area contributed by atoms with Crippen molar-refractivity contribution in [1.82, 2.24) is 4.90 Å². The van der Waals surface area contributed by atoms with Gasteiger partial charge in [0.05, 0.1) is 6.10 Å². The van der Waals surface area contributed by atoms with E-state index in [4.69, 9.17) is 0 Å². The molecule has 0 aromatic heterocycles. The molecule has 1 aliphatic heterocycles. The molecule has 0 aromatic carbocycles. The molecule has 1 atom stereocenters. The standard InChI is InChI=1S/C7H12F3NO/c1-2-11-4-3-6(5-11)12-7(8,9)10/h6H,2-5H2,1H3/t6-/m1/s1. The second-order valence-corrected chi connectivity index (χ2v) is 2.87. The smallest absolute Gasteiger partial charge is 0.301 e. The first-order chi connectivity index (χ1) is 5.51. The average molecular weight is 183 g/mol. The highest BCUT2D eigenvalue weighted by atomic mass is 19.4. The quantitative estimate of drug-likeness (QED) is 0.645. The molecule has 0 aromatic rings. The van der Waals surface area contributed by atoms with Gasteiger partial charge in [-0.05, 0) is 13.0 Å². The molecule has 0 aliphatic carbocycles. The van der Waals surface area contributed by atoms with Crippen molar-refractivity contribution in [2.75, 3.05) is 19.6 Å². The lowest BCUT2D eigenvalue weighted by molar-refractivity contribution is -0.340. The van der Waals surface area contributed by atoms with Crippen LogP contribution < -0.4 is 0 Å². The Balaban J connectivity index is 2.28. The maximum Gasteiger partial charge on any atom is 0.522 e. The lowest BCUT2D eigenvalue weighted by Gasteiger charge is -2.15. The maximum absolute atomic E-state index is 11.7. The highest BCUT2D eigenvalue weighted by Crippen LogP contribution is 2.23. The van der Waals surface area contributed by atoms with E-state index in [1.807, 2.05) is 11.8 Å². The van der Waals surface area contributed by atoms with Gasteiger partial charge in [-0.25, -0.2) is 0 Å². The first-order valence-electron chi connectivity index (χ1n) is 3.98. The van der Waals surface area contributed by atoms with Gasteiger partial charge in [-0.15, -0.1) is 13.2 Å². The van der Waals surface area contributed by atoms with E-state index in [9.17, 15) is 13.2 Å². The summed E-state index contributed by atoms with van der Waals surface area (Å²) in [7, 11) is 0. The molecule has 2 nitrogen and oxygen atoms in total. The molecular formula is C7H12F3NO. The minimum Gasteiger partial charge on any atom is -0.301 e. The van der Waals surface area contributed by atoms with Crippen molar-refractivity contribution in [2.45, 2.75) is 25.8 Å². The molecule has 5 heteroatoms. The van der Waals surface area contributed by atoms with Gasteiger partial charge in [0, 0.05) is 13.1 Å². The van der Waals surface area contributed by atoms with E-state index < -0.39 is 12.5 Å². The second-order valence-electron chi connectivity index (χ2n) is 2.87. The number of nitrogens with zero attached hydrogens (tertiary/aromatic N) is 1. The number of ether oxygens (including phenoxy) is 1. The molecule has 0 radical (unpaired) electrons. The van der Waals surface area contributed by atoms with Crippen LogP contribution >= 0.6 is 0 Å². The Hall–Kier alpha value is -0.290. The first kappa shape index (κ1) is 9.80. The van der Waals surface area contributed by atoms with Gasteiger partial charge in [-0.1, -0.05) is 6.92 Å². The van der Waals surface area contributed by atoms with E-state index >= 15 is 0 Å². The fourth-order valence-corrected chi connectivity index (χ4v) is 1.37. The topological polar surface area (TPSA) is 12.5 Å². The molecule has 0 N–H and O–H groups in total. The molecule has 1 heterocycles. The molecule has 1 saturated heterocycles. The predicted molar refractivity (Wildman–Crippen MR) is 37.7 cm³/mol. The Morgan fingerprint density at radius 1 is 1.50 bits per heavy atom. The van der Waals surface area contributed by atoms with Crippen LogP contribution in [0.15, 0.2) is 0 Å². The van der Waals surface area contributed by atoms with Crippen LogP contribution in [0.25, 0.3) is 0 Å². The molecule has 12 heavy (non-hydrogen) atoms. The Morgan fingerprint density at radius 3 is 2.58 bits per heavy atom. The lowest BCUT2D eigenvalue weighted by Crippen LogP contribution is -2.27. The summed E-state index contributed by atoms with van der Waals surface area (Å²) >= 11 is 0. The summed E-state index contributed by atoms with van der Waals surface area (Å²) in [6.07, 6.45) is -4.66. The van der Waals surface area contributed by atoms with Crippen molar-refractivity contribution >= 4 is 0 Å². The highest BCUT2D eigenvalue weighted by molar-refractivity contribution is 4.75. The van der Waals surface area contributed by atoms with E-state index in [-0.39, 0.29) is 0 Å². The molecular weight excluding hydrogens is 171 g/mol. The van der Waals surface area contributed by atoms with Crippen LogP contribution in [-0.2, 0) is 4.74 Å². The Labute approximate surface area is 69.3 Å². The van der Waals surface area contributed by atoms with Gasteiger partial charge in [0.2, 0.25) is 0 Å². The van der Waals surface area contributed by atoms with Gasteiger partial charge in [-0.2, -0.15) is 0 Å². The van der Waals surface area contributed by atoms with E-state index in [1.165, 1.54) is 0 Å². The van der Waals surface area contributed by atoms with Crippen molar-refractivity contribution in [3.63, 3.8) is 0 Å². The lowest BCUT2D eigenvalue weighted by atomic mass is 10.3. The first-order valence-corrected chi connectivity index (χ1v) is 3.98. The molecule has 1 rings (SSSR count). The number of likely N-dealkylation sites (tertiary alicyclic amines) is 1. The zero-order valence-corrected chi connectivity index (χ0v) is 6.90. The Morgan fingerprint density at radius 2 is 2.17 bits per heavy atom. The molecule has 1 fully saturated rings. The zero-order valence-electron chi connectivity index (χ0n) is 6.90. The second kappa shape index (κ2) is 3.62. The minimum absolute atomic E-state index is 0.399. The van der Waals surface area contributed by atoms with Crippen LogP contribution in [0.1, 0.15) is 13.3 Å². The summed E-state index contributed by atoms with van der Waals surface area (Å²) in [5, 5.41) is 0. The van der Waals surface area contributed by atoms with E-state index in [0.717, 1.165) is 6.54 Å². The number of alkyl halides is 3. The average Bonchev–Trinajstić information content (AvgIpc) is 2.32. The fourth-order valence-electron chi connectivity index (χ4n) is 1.37. The monoisotopic (exact) mass is 183 g/mol. The zero-order chi connectivity index (χ0) is 9.19. The van der Waals surface area contributed by atoms with Crippen molar-refractivity contribution in [3.8, 4) is 0 Å². The van der Waals surface area contributed by atoms with Crippen LogP contribution in [0, 0.1) is 0 Å². The van der Waals surface area contributed by atoms with E-state index in [1.54, 1.807) is 0 Å². The Kier molecular flexibility index (Phi) is 2.95. The van der Waals surface area contributed by atoms with Gasteiger partial charge in [-0.3, -0.25) is 4.74 Å². The molecule has 0 saturated carbocycles. The predicted octanol–water partition coefficient (Wildman–Crippen LogP) is 1.62. The maximum atomic E-state index is 11.7. The molecule has 1 aliphatic rings. The van der Waals surface area contributed by atoms with Crippen molar-refractivity contribution in [1.29, 1.82) is 0 Å². The summed E-state index contributed by atoms with van der Waals surface area (Å²) in [4.78, 5) is 1.94. The molecule has 0 bridgehead atoms. The number of likely N-dealkylation sites (N-methyl/N-ethyl adjacent to an activating group) is 1. The van der Waals surface area contributed by atoms with E-state index in [2.05, 4.69) is 4.74 Å². The van der Waals surface area contributed by atoms with E-state index in [0.29, 0.717) is 19.5 Å². The summed E-state index contributed by atoms with van der Waals surface area (Å²) in [5.41, 5.74) is 0. The molecule has 0 amide bonds. The highest BCUT2D eigenvalue weighted by Gasteiger charge is 2.36. The third-order valence-electron chi connectivity index (χ3n) is 1.98. The summed E-state index contributed by atoms with van der Waals surface area (Å²) in [5.74, 6) is 0. The third kappa shape index (κ3) is 2.98. The summed E-state index contributed by atoms with van der Waals surface area (Å²) < 4.78 is 39.0. The molecule has 0 spiro atoms. The van der Waals surface area contributed by atoms with Gasteiger partial charge in [0.15, 0.2) is 0 Å². The van der Waals surface area contributed by atoms with Crippen molar-refractivity contribution in [2.24, 2.45) is 0 Å². The van der Waals surface area contributed by atoms with Crippen molar-refractivity contribution < 1.29 is 17.9 Å². The fraction of sp³-hybridized carbons (Fsp3) is 1.00. The number of rotatable bonds is 2. The van der Waals surface area contributed by atoms with Gasteiger partial charge < -0.3 is 4.90 Å². The summed E-state index contributed by atoms with van der Waals surface area (Å²) in [6, 6.07) is 0. The molecule has 72 valence electrons. The third-order valence-corrected chi connectivity index (χ3v) is 1.98. The molecule has 0 unspecified atom stereocenters. The minimum atomic E-state index is -4.48. The van der Waals surface area contributed by atoms with Crippen molar-refractivity contribution in [3.05, 3.63) is 0 Å². The van der Waals surface area contributed by atoms with Crippen LogP contribution in [0.4, 0.5) is 13.2 Å². The largest absolute Gasteiger partial charge is 0.522 e.